The Morgan fingerprint density at radius 3 is 2.50 bits per heavy atom. The molecule has 2 N–H and O–H groups in total. The van der Waals surface area contributed by atoms with Crippen molar-refractivity contribution in [3.63, 3.8) is 0 Å². The summed E-state index contributed by atoms with van der Waals surface area (Å²) in [6, 6.07) is 4.31. The predicted molar refractivity (Wildman–Crippen MR) is 61.4 cm³/mol. The van der Waals surface area contributed by atoms with Crippen molar-refractivity contribution in [2.75, 3.05) is 14.2 Å². The van der Waals surface area contributed by atoms with E-state index in [4.69, 9.17) is 4.74 Å². The van der Waals surface area contributed by atoms with Crippen LogP contribution in [0.2, 0.25) is 0 Å². The predicted octanol–water partition coefficient (Wildman–Crippen LogP) is 0.0750. The van der Waals surface area contributed by atoms with Gasteiger partial charge in [0.15, 0.2) is 12.4 Å². The van der Waals surface area contributed by atoms with Crippen molar-refractivity contribution in [1.29, 1.82) is 0 Å². The van der Waals surface area contributed by atoms with Crippen LogP contribution in [0.4, 0.5) is 0 Å². The Morgan fingerprint density at radius 2 is 2.00 bits per heavy atom. The highest BCUT2D eigenvalue weighted by molar-refractivity contribution is 5.80. The van der Waals surface area contributed by atoms with Gasteiger partial charge >= 0.3 is 5.97 Å². The zero-order valence-electron chi connectivity index (χ0n) is 9.99. The van der Waals surface area contributed by atoms with E-state index in [1.54, 1.807) is 0 Å². The average Bonchev–Trinajstić information content (AvgIpc) is 2.43. The second kappa shape index (κ2) is 6.13. The topological polar surface area (TPSA) is 93.1 Å². The van der Waals surface area contributed by atoms with Gasteiger partial charge in [-0.1, -0.05) is 6.07 Å². The number of methoxy groups -OCH3 is 2. The minimum absolute atomic E-state index is 0.128. The molecule has 0 radical (unpaired) electrons. The van der Waals surface area contributed by atoms with Crippen LogP contribution in [-0.4, -0.2) is 42.8 Å². The summed E-state index contributed by atoms with van der Waals surface area (Å²) in [5.41, 5.74) is 0.258. The molecule has 1 aromatic carbocycles. The lowest BCUT2D eigenvalue weighted by atomic mass is 9.99. The molecule has 0 saturated carbocycles. The number of esters is 1. The number of carbonyl (C=O) groups excluding carboxylic acids is 2. The van der Waals surface area contributed by atoms with Gasteiger partial charge < -0.3 is 19.7 Å². The Hall–Kier alpha value is -1.92. The van der Waals surface area contributed by atoms with E-state index < -0.39 is 18.2 Å². The molecular weight excluding hydrogens is 240 g/mol. The van der Waals surface area contributed by atoms with Gasteiger partial charge in [0.25, 0.3) is 0 Å². The van der Waals surface area contributed by atoms with E-state index in [0.717, 1.165) is 7.11 Å². The SMILES string of the molecule is COC(=O)C(O)C(O)c1ccc(OC)cc1C=O. The Bertz CT molecular complexity index is 442. The minimum atomic E-state index is -1.75. The standard InChI is InChI=1S/C12H14O6/c1-17-8-3-4-9(7(5-8)6-13)10(14)11(15)12(16)18-2/h3-6,10-11,14-15H,1-2H3. The highest BCUT2D eigenvalue weighted by Crippen LogP contribution is 2.24. The molecule has 98 valence electrons. The van der Waals surface area contributed by atoms with Crippen molar-refractivity contribution in [2.24, 2.45) is 0 Å². The van der Waals surface area contributed by atoms with E-state index in [1.807, 2.05) is 0 Å². The second-order valence-electron chi connectivity index (χ2n) is 3.53. The van der Waals surface area contributed by atoms with Gasteiger partial charge in [0.2, 0.25) is 0 Å². The van der Waals surface area contributed by atoms with E-state index >= 15 is 0 Å². The van der Waals surface area contributed by atoms with Gasteiger partial charge in [-0.2, -0.15) is 0 Å². The normalized spacial score (nSPS) is 13.6. The van der Waals surface area contributed by atoms with Crippen molar-refractivity contribution in [1.82, 2.24) is 0 Å². The molecular formula is C12H14O6. The third-order valence-corrected chi connectivity index (χ3v) is 2.48. The van der Waals surface area contributed by atoms with Gasteiger partial charge in [-0.25, -0.2) is 4.79 Å². The van der Waals surface area contributed by atoms with Crippen molar-refractivity contribution in [2.45, 2.75) is 12.2 Å². The molecule has 2 unspecified atom stereocenters. The highest BCUT2D eigenvalue weighted by Gasteiger charge is 2.28. The first-order chi connectivity index (χ1) is 8.54. The van der Waals surface area contributed by atoms with Gasteiger partial charge in [-0.15, -0.1) is 0 Å². The summed E-state index contributed by atoms with van der Waals surface area (Å²) in [6.45, 7) is 0. The average molecular weight is 254 g/mol. The molecule has 0 aliphatic carbocycles. The molecule has 0 saturated heterocycles. The molecule has 0 amide bonds. The third kappa shape index (κ3) is 2.85. The summed E-state index contributed by atoms with van der Waals surface area (Å²) in [6.07, 6.45) is -2.78. The number of aldehydes is 1. The molecule has 18 heavy (non-hydrogen) atoms. The number of aliphatic hydroxyl groups excluding tert-OH is 2. The fraction of sp³-hybridized carbons (Fsp3) is 0.333. The highest BCUT2D eigenvalue weighted by atomic mass is 16.5. The monoisotopic (exact) mass is 254 g/mol. The molecule has 0 aliphatic rings. The molecule has 0 aliphatic heterocycles. The van der Waals surface area contributed by atoms with Crippen molar-refractivity contribution in [3.8, 4) is 5.75 Å². The van der Waals surface area contributed by atoms with Crippen LogP contribution < -0.4 is 4.74 Å². The first-order valence-electron chi connectivity index (χ1n) is 5.12. The maximum atomic E-state index is 11.1. The molecule has 0 aromatic heterocycles. The van der Waals surface area contributed by atoms with Crippen LogP contribution in [0.3, 0.4) is 0 Å². The Labute approximate surface area is 104 Å². The number of hydrogen-bond donors (Lipinski definition) is 2. The summed E-state index contributed by atoms with van der Waals surface area (Å²) >= 11 is 0. The first kappa shape index (κ1) is 14.1. The van der Waals surface area contributed by atoms with Crippen LogP contribution >= 0.6 is 0 Å². The van der Waals surface area contributed by atoms with E-state index in [1.165, 1.54) is 25.3 Å². The summed E-state index contributed by atoms with van der Waals surface area (Å²) < 4.78 is 9.24. The maximum absolute atomic E-state index is 11.1. The van der Waals surface area contributed by atoms with E-state index in [2.05, 4.69) is 4.74 Å². The summed E-state index contributed by atoms with van der Waals surface area (Å²) in [4.78, 5) is 22.0. The van der Waals surface area contributed by atoms with Crippen molar-refractivity contribution < 1.29 is 29.3 Å². The minimum Gasteiger partial charge on any atom is -0.497 e. The number of ether oxygens (including phenoxy) is 2. The molecule has 1 rings (SSSR count). The molecule has 0 heterocycles. The molecule has 1 aromatic rings. The fourth-order valence-electron chi connectivity index (χ4n) is 1.47. The van der Waals surface area contributed by atoms with Crippen LogP contribution in [0.5, 0.6) is 5.75 Å². The second-order valence-corrected chi connectivity index (χ2v) is 3.53. The molecule has 0 spiro atoms. The lowest BCUT2D eigenvalue weighted by Crippen LogP contribution is -2.29. The number of benzene rings is 1. The fourth-order valence-corrected chi connectivity index (χ4v) is 1.47. The van der Waals surface area contributed by atoms with Crippen molar-refractivity contribution in [3.05, 3.63) is 29.3 Å². The number of carbonyl (C=O) groups is 2. The molecule has 6 heteroatoms. The van der Waals surface area contributed by atoms with E-state index in [9.17, 15) is 19.8 Å². The Kier molecular flexibility index (Phi) is 4.82. The van der Waals surface area contributed by atoms with Crippen molar-refractivity contribution >= 4 is 12.3 Å². The van der Waals surface area contributed by atoms with Gasteiger partial charge in [0, 0.05) is 5.56 Å². The lowest BCUT2D eigenvalue weighted by Gasteiger charge is -2.17. The maximum Gasteiger partial charge on any atom is 0.337 e. The first-order valence-corrected chi connectivity index (χ1v) is 5.12. The molecule has 6 nitrogen and oxygen atoms in total. The van der Waals surface area contributed by atoms with Crippen LogP contribution in [0.25, 0.3) is 0 Å². The Balaban J connectivity index is 3.08. The summed E-state index contributed by atoms with van der Waals surface area (Å²) in [7, 11) is 2.52. The van der Waals surface area contributed by atoms with Crippen LogP contribution in [0.1, 0.15) is 22.0 Å². The van der Waals surface area contributed by atoms with Crippen LogP contribution in [0.15, 0.2) is 18.2 Å². The van der Waals surface area contributed by atoms with Gasteiger partial charge in [0.1, 0.15) is 11.9 Å². The third-order valence-electron chi connectivity index (χ3n) is 2.48. The summed E-state index contributed by atoms with van der Waals surface area (Å²) in [5, 5.41) is 19.3. The lowest BCUT2D eigenvalue weighted by molar-refractivity contribution is -0.156. The molecule has 0 fully saturated rings. The van der Waals surface area contributed by atoms with E-state index in [-0.39, 0.29) is 11.1 Å². The number of aliphatic hydroxyl groups is 2. The largest absolute Gasteiger partial charge is 0.497 e. The number of hydrogen-bond acceptors (Lipinski definition) is 6. The van der Waals surface area contributed by atoms with Gasteiger partial charge in [0.05, 0.1) is 14.2 Å². The molecule has 2 atom stereocenters. The van der Waals surface area contributed by atoms with Crippen LogP contribution in [-0.2, 0) is 9.53 Å². The van der Waals surface area contributed by atoms with Gasteiger partial charge in [-0.05, 0) is 17.7 Å². The summed E-state index contributed by atoms with van der Waals surface area (Å²) in [5.74, 6) is -0.546. The zero-order chi connectivity index (χ0) is 13.7. The van der Waals surface area contributed by atoms with E-state index in [0.29, 0.717) is 12.0 Å². The Morgan fingerprint density at radius 1 is 1.33 bits per heavy atom. The zero-order valence-corrected chi connectivity index (χ0v) is 9.99. The molecule has 0 bridgehead atoms. The van der Waals surface area contributed by atoms with Crippen LogP contribution in [0, 0.1) is 0 Å². The number of rotatable bonds is 5. The quantitative estimate of drug-likeness (QED) is 0.570. The van der Waals surface area contributed by atoms with Gasteiger partial charge in [-0.3, -0.25) is 4.79 Å². The smallest absolute Gasteiger partial charge is 0.337 e.